The van der Waals surface area contributed by atoms with Crippen LogP contribution in [0.5, 0.6) is 0 Å². The van der Waals surface area contributed by atoms with Crippen molar-refractivity contribution >= 4 is 23.3 Å². The molecular weight excluding hydrogens is 315 g/mol. The SMILES string of the molecule is CC(N)c1c(-c2ccccc2)n(C)c2c(F)cccc2c1=O.Cl. The lowest BCUT2D eigenvalue weighted by atomic mass is 9.97. The van der Waals surface area contributed by atoms with Gasteiger partial charge < -0.3 is 10.3 Å². The predicted molar refractivity (Wildman–Crippen MR) is 94.4 cm³/mol. The summed E-state index contributed by atoms with van der Waals surface area (Å²) in [5, 5.41) is 0.356. The fourth-order valence-corrected chi connectivity index (χ4v) is 2.95. The molecule has 1 aromatic heterocycles. The summed E-state index contributed by atoms with van der Waals surface area (Å²) in [6.07, 6.45) is 0. The van der Waals surface area contributed by atoms with Gasteiger partial charge >= 0.3 is 0 Å². The fraction of sp³-hybridized carbons (Fsp3) is 0.167. The zero-order valence-corrected chi connectivity index (χ0v) is 13.7. The van der Waals surface area contributed by atoms with Crippen LogP contribution in [0, 0.1) is 5.82 Å². The molecule has 5 heteroatoms. The molecule has 120 valence electrons. The van der Waals surface area contributed by atoms with E-state index in [-0.39, 0.29) is 17.8 Å². The van der Waals surface area contributed by atoms with Gasteiger partial charge in [0.25, 0.3) is 0 Å². The summed E-state index contributed by atoms with van der Waals surface area (Å²) in [6, 6.07) is 13.6. The zero-order chi connectivity index (χ0) is 15.9. The number of nitrogens with zero attached hydrogens (tertiary/aromatic N) is 1. The fourth-order valence-electron chi connectivity index (χ4n) is 2.95. The van der Waals surface area contributed by atoms with Crippen LogP contribution in [0.1, 0.15) is 18.5 Å². The third-order valence-corrected chi connectivity index (χ3v) is 3.90. The average molecular weight is 333 g/mol. The molecule has 3 nitrogen and oxygen atoms in total. The number of fused-ring (bicyclic) bond motifs is 1. The number of nitrogens with two attached hydrogens (primary N) is 1. The van der Waals surface area contributed by atoms with E-state index in [1.807, 2.05) is 30.3 Å². The third kappa shape index (κ3) is 2.76. The highest BCUT2D eigenvalue weighted by molar-refractivity contribution is 5.85. The normalized spacial score (nSPS) is 12.0. The number of para-hydroxylation sites is 1. The summed E-state index contributed by atoms with van der Waals surface area (Å²) < 4.78 is 16.0. The van der Waals surface area contributed by atoms with Crippen LogP contribution in [0.25, 0.3) is 22.2 Å². The van der Waals surface area contributed by atoms with E-state index in [4.69, 9.17) is 5.73 Å². The Kier molecular flexibility index (Phi) is 4.88. The van der Waals surface area contributed by atoms with E-state index in [0.29, 0.717) is 22.2 Å². The number of pyridine rings is 1. The number of benzene rings is 2. The Morgan fingerprint density at radius 2 is 1.74 bits per heavy atom. The van der Waals surface area contributed by atoms with Crippen LogP contribution in [0.2, 0.25) is 0 Å². The second-order valence-corrected chi connectivity index (χ2v) is 5.44. The van der Waals surface area contributed by atoms with Gasteiger partial charge in [0, 0.05) is 24.0 Å². The molecule has 0 saturated heterocycles. The van der Waals surface area contributed by atoms with Crippen molar-refractivity contribution in [3.63, 3.8) is 0 Å². The van der Waals surface area contributed by atoms with E-state index in [1.165, 1.54) is 6.07 Å². The summed E-state index contributed by atoms with van der Waals surface area (Å²) in [6.45, 7) is 1.77. The predicted octanol–water partition coefficient (Wildman–Crippen LogP) is 3.79. The average Bonchev–Trinajstić information content (AvgIpc) is 2.50. The zero-order valence-electron chi connectivity index (χ0n) is 12.9. The van der Waals surface area contributed by atoms with Gasteiger partial charge in [-0.3, -0.25) is 4.79 Å². The van der Waals surface area contributed by atoms with Crippen molar-refractivity contribution in [2.45, 2.75) is 13.0 Å². The van der Waals surface area contributed by atoms with Crippen molar-refractivity contribution in [3.8, 4) is 11.3 Å². The minimum Gasteiger partial charge on any atom is -0.341 e. The van der Waals surface area contributed by atoms with E-state index in [1.54, 1.807) is 30.7 Å². The van der Waals surface area contributed by atoms with Crippen LogP contribution in [-0.4, -0.2) is 4.57 Å². The lowest BCUT2D eigenvalue weighted by Crippen LogP contribution is -2.23. The van der Waals surface area contributed by atoms with Gasteiger partial charge in [0.2, 0.25) is 0 Å². The number of halogens is 2. The summed E-state index contributed by atoms with van der Waals surface area (Å²) in [5.41, 5.74) is 8.16. The molecule has 1 atom stereocenters. The van der Waals surface area contributed by atoms with Crippen molar-refractivity contribution in [1.82, 2.24) is 4.57 Å². The Morgan fingerprint density at radius 3 is 2.35 bits per heavy atom. The van der Waals surface area contributed by atoms with Gasteiger partial charge in [-0.05, 0) is 24.6 Å². The van der Waals surface area contributed by atoms with Gasteiger partial charge in [0.1, 0.15) is 5.82 Å². The van der Waals surface area contributed by atoms with Gasteiger partial charge in [-0.25, -0.2) is 4.39 Å². The molecule has 3 aromatic rings. The molecule has 1 unspecified atom stereocenters. The Labute approximate surface area is 140 Å². The second kappa shape index (κ2) is 6.52. The molecular formula is C18H18ClFN2O. The maximum Gasteiger partial charge on any atom is 0.194 e. The van der Waals surface area contributed by atoms with Gasteiger partial charge in [-0.1, -0.05) is 36.4 Å². The quantitative estimate of drug-likeness (QED) is 0.776. The van der Waals surface area contributed by atoms with E-state index in [0.717, 1.165) is 5.56 Å². The summed E-state index contributed by atoms with van der Waals surface area (Å²) in [5.74, 6) is -0.412. The summed E-state index contributed by atoms with van der Waals surface area (Å²) >= 11 is 0. The standard InChI is InChI=1S/C18H17FN2O.ClH/c1-11(20)15-16(12-7-4-3-5-8-12)21(2)17-13(18(15)22)9-6-10-14(17)19;/h3-11H,20H2,1-2H3;1H. The van der Waals surface area contributed by atoms with Crippen LogP contribution in [-0.2, 0) is 7.05 Å². The summed E-state index contributed by atoms with van der Waals surface area (Å²) in [7, 11) is 1.76. The lowest BCUT2D eigenvalue weighted by Gasteiger charge is -2.19. The molecule has 0 spiro atoms. The second-order valence-electron chi connectivity index (χ2n) is 5.44. The number of rotatable bonds is 2. The number of hydrogen-bond donors (Lipinski definition) is 1. The first kappa shape index (κ1) is 17.2. The van der Waals surface area contributed by atoms with Gasteiger partial charge in [0.15, 0.2) is 5.43 Å². The molecule has 2 aromatic carbocycles. The van der Waals surface area contributed by atoms with Gasteiger partial charge in [-0.15, -0.1) is 12.4 Å². The molecule has 1 heterocycles. The van der Waals surface area contributed by atoms with Gasteiger partial charge in [0.05, 0.1) is 11.2 Å². The minimum absolute atomic E-state index is 0. The molecule has 0 radical (unpaired) electrons. The highest BCUT2D eigenvalue weighted by atomic mass is 35.5. The monoisotopic (exact) mass is 332 g/mol. The number of aryl methyl sites for hydroxylation is 1. The van der Waals surface area contributed by atoms with Crippen LogP contribution in [0.4, 0.5) is 4.39 Å². The molecule has 2 N–H and O–H groups in total. The number of aromatic nitrogens is 1. The van der Waals surface area contributed by atoms with Gasteiger partial charge in [-0.2, -0.15) is 0 Å². The van der Waals surface area contributed by atoms with Crippen molar-refractivity contribution in [2.75, 3.05) is 0 Å². The highest BCUT2D eigenvalue weighted by Crippen LogP contribution is 2.29. The molecule has 3 rings (SSSR count). The molecule has 0 aliphatic heterocycles. The van der Waals surface area contributed by atoms with E-state index < -0.39 is 11.9 Å². The van der Waals surface area contributed by atoms with E-state index in [9.17, 15) is 9.18 Å². The Morgan fingerprint density at radius 1 is 1.09 bits per heavy atom. The smallest absolute Gasteiger partial charge is 0.194 e. The molecule has 0 fully saturated rings. The Hall–Kier alpha value is -2.17. The first-order valence-electron chi connectivity index (χ1n) is 7.14. The first-order chi connectivity index (χ1) is 10.5. The van der Waals surface area contributed by atoms with Crippen molar-refractivity contribution < 1.29 is 4.39 Å². The maximum absolute atomic E-state index is 14.3. The van der Waals surface area contributed by atoms with Crippen molar-refractivity contribution in [2.24, 2.45) is 12.8 Å². The van der Waals surface area contributed by atoms with Crippen molar-refractivity contribution in [3.05, 3.63) is 70.1 Å². The molecule has 0 amide bonds. The van der Waals surface area contributed by atoms with Crippen LogP contribution >= 0.6 is 12.4 Å². The van der Waals surface area contributed by atoms with Crippen LogP contribution in [0.15, 0.2) is 53.3 Å². The van der Waals surface area contributed by atoms with Crippen molar-refractivity contribution in [1.29, 1.82) is 0 Å². The lowest BCUT2D eigenvalue weighted by molar-refractivity contribution is 0.630. The molecule has 0 aliphatic rings. The largest absolute Gasteiger partial charge is 0.341 e. The third-order valence-electron chi connectivity index (χ3n) is 3.90. The molecule has 0 aliphatic carbocycles. The van der Waals surface area contributed by atoms with Crippen LogP contribution in [0.3, 0.4) is 0 Å². The first-order valence-corrected chi connectivity index (χ1v) is 7.14. The van der Waals surface area contributed by atoms with Crippen LogP contribution < -0.4 is 11.2 Å². The Balaban J connectivity index is 0.00000192. The van der Waals surface area contributed by atoms with E-state index >= 15 is 0 Å². The Bertz CT molecular complexity index is 904. The summed E-state index contributed by atoms with van der Waals surface area (Å²) in [4.78, 5) is 12.8. The molecule has 0 bridgehead atoms. The topological polar surface area (TPSA) is 48.0 Å². The highest BCUT2D eigenvalue weighted by Gasteiger charge is 2.20. The maximum atomic E-state index is 14.3. The van der Waals surface area contributed by atoms with E-state index in [2.05, 4.69) is 0 Å². The molecule has 0 saturated carbocycles. The number of hydrogen-bond acceptors (Lipinski definition) is 2. The minimum atomic E-state index is -0.443. The molecule has 23 heavy (non-hydrogen) atoms.